The van der Waals surface area contributed by atoms with Crippen LogP contribution in [-0.4, -0.2) is 28.8 Å². The van der Waals surface area contributed by atoms with Crippen molar-refractivity contribution in [3.8, 4) is 5.75 Å². The Labute approximate surface area is 203 Å². The summed E-state index contributed by atoms with van der Waals surface area (Å²) in [5.74, 6) is -0.892. The second kappa shape index (κ2) is 9.11. The van der Waals surface area contributed by atoms with Crippen LogP contribution in [0.2, 0.25) is 0 Å². The van der Waals surface area contributed by atoms with E-state index in [1.165, 1.54) is 4.90 Å². The average molecular weight is 464 g/mol. The van der Waals surface area contributed by atoms with Crippen LogP contribution in [0, 0.1) is 6.92 Å². The van der Waals surface area contributed by atoms with Crippen molar-refractivity contribution in [3.63, 3.8) is 0 Å². The molecule has 0 spiro atoms. The van der Waals surface area contributed by atoms with Crippen LogP contribution >= 0.6 is 0 Å². The second-order valence-electron chi connectivity index (χ2n) is 8.71. The number of amides is 1. The van der Waals surface area contributed by atoms with Crippen molar-refractivity contribution in [2.75, 3.05) is 7.11 Å². The maximum atomic E-state index is 13.4. The van der Waals surface area contributed by atoms with Crippen molar-refractivity contribution in [2.45, 2.75) is 19.5 Å². The van der Waals surface area contributed by atoms with Crippen molar-refractivity contribution in [1.82, 2.24) is 4.90 Å². The fraction of sp³-hybridized carbons (Fsp3) is 0.133. The quantitative estimate of drug-likeness (QED) is 0.232. The number of fused-ring (bicyclic) bond motifs is 1. The third kappa shape index (κ3) is 4.06. The number of nitrogens with zero attached hydrogens (tertiary/aromatic N) is 1. The Kier molecular flexibility index (Phi) is 5.83. The van der Waals surface area contributed by atoms with Crippen molar-refractivity contribution in [3.05, 3.63) is 119 Å². The molecule has 0 saturated carbocycles. The minimum absolute atomic E-state index is 0.0887. The molecule has 1 aliphatic heterocycles. The minimum Gasteiger partial charge on any atom is -0.507 e. The molecule has 5 heteroatoms. The molecule has 0 aliphatic carbocycles. The molecule has 5 rings (SSSR count). The first-order valence-corrected chi connectivity index (χ1v) is 11.4. The molecule has 1 heterocycles. The number of aliphatic hydroxyl groups excluding tert-OH is 1. The number of para-hydroxylation sites is 1. The maximum Gasteiger partial charge on any atom is 0.295 e. The van der Waals surface area contributed by atoms with Gasteiger partial charge in [-0.05, 0) is 35.4 Å². The fourth-order valence-electron chi connectivity index (χ4n) is 4.74. The Balaban J connectivity index is 1.67. The molecule has 0 aromatic heterocycles. The van der Waals surface area contributed by atoms with Crippen LogP contribution in [0.4, 0.5) is 0 Å². The first-order chi connectivity index (χ1) is 17.0. The SMILES string of the molecule is COc1ccccc1CN1C(=O)C(=O)/C(=C(\O)c2ccc3ccccc3c2)C1c1cccc(C)c1. The third-order valence-corrected chi connectivity index (χ3v) is 6.45. The van der Waals surface area contributed by atoms with Gasteiger partial charge in [-0.15, -0.1) is 0 Å². The summed E-state index contributed by atoms with van der Waals surface area (Å²) >= 11 is 0. The van der Waals surface area contributed by atoms with Gasteiger partial charge in [0.2, 0.25) is 0 Å². The molecule has 35 heavy (non-hydrogen) atoms. The number of aryl methyl sites for hydroxylation is 1. The third-order valence-electron chi connectivity index (χ3n) is 6.45. The molecule has 1 aliphatic rings. The van der Waals surface area contributed by atoms with Gasteiger partial charge in [-0.1, -0.05) is 84.4 Å². The molecule has 4 aromatic carbocycles. The van der Waals surface area contributed by atoms with E-state index < -0.39 is 17.7 Å². The molecule has 5 nitrogen and oxygen atoms in total. The molecule has 1 unspecified atom stereocenters. The lowest BCUT2D eigenvalue weighted by atomic mass is 9.93. The van der Waals surface area contributed by atoms with Crippen LogP contribution in [0.1, 0.15) is 28.3 Å². The molecule has 1 N–H and O–H groups in total. The molecule has 4 aromatic rings. The highest BCUT2D eigenvalue weighted by Crippen LogP contribution is 2.41. The van der Waals surface area contributed by atoms with Gasteiger partial charge in [-0.2, -0.15) is 0 Å². The van der Waals surface area contributed by atoms with Crippen molar-refractivity contribution >= 4 is 28.2 Å². The molecule has 0 radical (unpaired) electrons. The number of ether oxygens (including phenoxy) is 1. The van der Waals surface area contributed by atoms with E-state index in [1.807, 2.05) is 91.9 Å². The number of carbonyl (C=O) groups is 2. The van der Waals surface area contributed by atoms with Gasteiger partial charge in [-0.25, -0.2) is 0 Å². The highest BCUT2D eigenvalue weighted by Gasteiger charge is 2.46. The van der Waals surface area contributed by atoms with Crippen LogP contribution in [0.15, 0.2) is 96.6 Å². The van der Waals surface area contributed by atoms with Crippen molar-refractivity contribution in [2.24, 2.45) is 0 Å². The number of methoxy groups -OCH3 is 1. The first kappa shape index (κ1) is 22.4. The van der Waals surface area contributed by atoms with Gasteiger partial charge in [0, 0.05) is 11.1 Å². The Hall–Kier alpha value is -4.38. The van der Waals surface area contributed by atoms with Crippen molar-refractivity contribution < 1.29 is 19.4 Å². The summed E-state index contributed by atoms with van der Waals surface area (Å²) in [6, 6.07) is 27.7. The summed E-state index contributed by atoms with van der Waals surface area (Å²) in [6.45, 7) is 2.13. The summed E-state index contributed by atoms with van der Waals surface area (Å²) in [7, 11) is 1.57. The Morgan fingerprint density at radius 3 is 2.40 bits per heavy atom. The second-order valence-corrected chi connectivity index (χ2v) is 8.71. The molecule has 174 valence electrons. The van der Waals surface area contributed by atoms with E-state index in [4.69, 9.17) is 4.74 Å². The number of Topliss-reactive ketones (excluding diaryl/α,β-unsaturated/α-hetero) is 1. The molecule has 0 bridgehead atoms. The summed E-state index contributed by atoms with van der Waals surface area (Å²) in [5.41, 5.74) is 3.13. The number of hydrogen-bond acceptors (Lipinski definition) is 4. The van der Waals surface area contributed by atoms with E-state index in [9.17, 15) is 14.7 Å². The summed E-state index contributed by atoms with van der Waals surface area (Å²) < 4.78 is 5.48. The number of ketones is 1. The van der Waals surface area contributed by atoms with Gasteiger partial charge < -0.3 is 14.7 Å². The zero-order chi connectivity index (χ0) is 24.5. The smallest absolute Gasteiger partial charge is 0.295 e. The van der Waals surface area contributed by atoms with Crippen LogP contribution in [-0.2, 0) is 16.1 Å². The predicted molar refractivity (Wildman–Crippen MR) is 136 cm³/mol. The van der Waals surface area contributed by atoms with Crippen molar-refractivity contribution in [1.29, 1.82) is 0 Å². The molecule has 1 atom stereocenters. The standard InChI is InChI=1S/C30H25NO4/c1-19-8-7-12-22(16-19)27-26(28(32)23-15-14-20-9-3-4-10-21(20)17-23)29(33)30(34)31(27)18-24-11-5-6-13-25(24)35-2/h3-17,27,32H,18H2,1-2H3/b28-26-. The van der Waals surface area contributed by atoms with Crippen LogP contribution < -0.4 is 4.74 Å². The van der Waals surface area contributed by atoms with Gasteiger partial charge in [0.15, 0.2) is 0 Å². The van der Waals surface area contributed by atoms with Gasteiger partial charge in [-0.3, -0.25) is 9.59 Å². The van der Waals surface area contributed by atoms with E-state index in [2.05, 4.69) is 0 Å². The average Bonchev–Trinajstić information content (AvgIpc) is 3.13. The number of benzene rings is 4. The van der Waals surface area contributed by atoms with Gasteiger partial charge in [0.25, 0.3) is 11.7 Å². The van der Waals surface area contributed by atoms with Gasteiger partial charge in [0.05, 0.1) is 25.3 Å². The lowest BCUT2D eigenvalue weighted by molar-refractivity contribution is -0.140. The zero-order valence-corrected chi connectivity index (χ0v) is 19.6. The highest BCUT2D eigenvalue weighted by atomic mass is 16.5. The first-order valence-electron chi connectivity index (χ1n) is 11.4. The normalized spacial score (nSPS) is 17.2. The molecular weight excluding hydrogens is 438 g/mol. The topological polar surface area (TPSA) is 66.8 Å². The Morgan fingerprint density at radius 2 is 1.63 bits per heavy atom. The Morgan fingerprint density at radius 1 is 0.886 bits per heavy atom. The van der Waals surface area contributed by atoms with Gasteiger partial charge >= 0.3 is 0 Å². The lowest BCUT2D eigenvalue weighted by Gasteiger charge is -2.26. The van der Waals surface area contributed by atoms with E-state index in [0.717, 1.165) is 27.5 Å². The Bertz CT molecular complexity index is 1490. The molecule has 1 fully saturated rings. The minimum atomic E-state index is -0.730. The zero-order valence-electron chi connectivity index (χ0n) is 19.6. The van der Waals surface area contributed by atoms with E-state index >= 15 is 0 Å². The molecular formula is C30H25NO4. The summed E-state index contributed by atoms with van der Waals surface area (Å²) in [5, 5.41) is 13.4. The van der Waals surface area contributed by atoms with Gasteiger partial charge in [0.1, 0.15) is 11.5 Å². The number of aliphatic hydroxyl groups is 1. The molecule has 1 saturated heterocycles. The predicted octanol–water partition coefficient (Wildman–Crippen LogP) is 5.78. The van der Waals surface area contributed by atoms with E-state index in [0.29, 0.717) is 11.3 Å². The maximum absolute atomic E-state index is 13.4. The van der Waals surface area contributed by atoms with E-state index in [1.54, 1.807) is 13.2 Å². The summed E-state index contributed by atoms with van der Waals surface area (Å²) in [6.07, 6.45) is 0. The number of likely N-dealkylation sites (tertiary alicyclic amines) is 1. The molecule has 1 amide bonds. The van der Waals surface area contributed by atoms with Crippen LogP contribution in [0.25, 0.3) is 16.5 Å². The number of carbonyl (C=O) groups excluding carboxylic acids is 2. The largest absolute Gasteiger partial charge is 0.507 e. The monoisotopic (exact) mass is 463 g/mol. The lowest BCUT2D eigenvalue weighted by Crippen LogP contribution is -2.29. The van der Waals surface area contributed by atoms with Crippen LogP contribution in [0.5, 0.6) is 5.75 Å². The van der Waals surface area contributed by atoms with E-state index in [-0.39, 0.29) is 17.9 Å². The number of rotatable bonds is 5. The summed E-state index contributed by atoms with van der Waals surface area (Å²) in [4.78, 5) is 28.2. The fourth-order valence-corrected chi connectivity index (χ4v) is 4.74. The highest BCUT2D eigenvalue weighted by molar-refractivity contribution is 6.46. The van der Waals surface area contributed by atoms with Crippen LogP contribution in [0.3, 0.4) is 0 Å². The number of hydrogen-bond donors (Lipinski definition) is 1.